The Hall–Kier alpha value is -2.34. The highest BCUT2D eigenvalue weighted by Crippen LogP contribution is 2.31. The molecule has 2 atom stereocenters. The quantitative estimate of drug-likeness (QED) is 0.631. The largest absolute Gasteiger partial charge is 0.481 e. The molecule has 0 aromatic heterocycles. The van der Waals surface area contributed by atoms with E-state index in [9.17, 15) is 19.5 Å². The normalized spacial score (nSPS) is 22.5. The molecule has 3 N–H and O–H groups in total. The number of hydrogen-bond donors (Lipinski definition) is 3. The second-order valence-electron chi connectivity index (χ2n) is 7.50. The van der Waals surface area contributed by atoms with Crippen molar-refractivity contribution < 1.29 is 19.5 Å². The van der Waals surface area contributed by atoms with Crippen LogP contribution < -0.4 is 10.6 Å². The van der Waals surface area contributed by atoms with Gasteiger partial charge in [-0.1, -0.05) is 43.0 Å². The summed E-state index contributed by atoms with van der Waals surface area (Å²) in [6.45, 7) is 0. The van der Waals surface area contributed by atoms with Crippen LogP contribution >= 0.6 is 11.6 Å². The SMILES string of the molecule is O=C(Nc1ccc(NC(=O)[C@@H]2CC=CC[C@H]2C(=O)O)cc1Cl)C1CCCCC1. The summed E-state index contributed by atoms with van der Waals surface area (Å²) in [5.41, 5.74) is 0.989. The van der Waals surface area contributed by atoms with Gasteiger partial charge in [-0.2, -0.15) is 0 Å². The highest BCUT2D eigenvalue weighted by molar-refractivity contribution is 6.34. The lowest BCUT2D eigenvalue weighted by Gasteiger charge is -2.24. The number of rotatable bonds is 5. The van der Waals surface area contributed by atoms with E-state index in [0.717, 1.165) is 25.7 Å². The van der Waals surface area contributed by atoms with Gasteiger partial charge >= 0.3 is 5.97 Å². The van der Waals surface area contributed by atoms with E-state index < -0.39 is 17.8 Å². The summed E-state index contributed by atoms with van der Waals surface area (Å²) in [5, 5.41) is 15.3. The number of benzene rings is 1. The first kappa shape index (κ1) is 20.4. The fraction of sp³-hybridized carbons (Fsp3) is 0.476. The van der Waals surface area contributed by atoms with E-state index in [2.05, 4.69) is 10.6 Å². The zero-order valence-electron chi connectivity index (χ0n) is 15.6. The number of nitrogens with one attached hydrogen (secondary N) is 2. The van der Waals surface area contributed by atoms with E-state index in [1.165, 1.54) is 6.42 Å². The van der Waals surface area contributed by atoms with Gasteiger partial charge < -0.3 is 15.7 Å². The van der Waals surface area contributed by atoms with Crippen molar-refractivity contribution in [1.29, 1.82) is 0 Å². The Bertz CT molecular complexity index is 787. The van der Waals surface area contributed by atoms with E-state index >= 15 is 0 Å². The van der Waals surface area contributed by atoms with Crippen LogP contribution in [0.5, 0.6) is 0 Å². The molecule has 150 valence electrons. The monoisotopic (exact) mass is 404 g/mol. The van der Waals surface area contributed by atoms with E-state index in [4.69, 9.17) is 11.6 Å². The smallest absolute Gasteiger partial charge is 0.307 e. The van der Waals surface area contributed by atoms with Gasteiger partial charge in [0, 0.05) is 11.6 Å². The Morgan fingerprint density at radius 3 is 2.25 bits per heavy atom. The molecule has 0 spiro atoms. The van der Waals surface area contributed by atoms with Crippen LogP contribution in [0.2, 0.25) is 5.02 Å². The maximum absolute atomic E-state index is 12.5. The topological polar surface area (TPSA) is 95.5 Å². The number of carbonyl (C=O) groups is 3. The summed E-state index contributed by atoms with van der Waals surface area (Å²) < 4.78 is 0. The van der Waals surface area contributed by atoms with Crippen LogP contribution in [-0.4, -0.2) is 22.9 Å². The molecule has 0 heterocycles. The Balaban J connectivity index is 1.63. The number of carboxylic acid groups (broad SMARTS) is 1. The van der Waals surface area contributed by atoms with Crippen LogP contribution in [0.1, 0.15) is 44.9 Å². The van der Waals surface area contributed by atoms with Crippen molar-refractivity contribution in [3.05, 3.63) is 35.4 Å². The second kappa shape index (κ2) is 9.24. The van der Waals surface area contributed by atoms with Crippen molar-refractivity contribution in [2.45, 2.75) is 44.9 Å². The lowest BCUT2D eigenvalue weighted by molar-refractivity contribution is -0.146. The highest BCUT2D eigenvalue weighted by atomic mass is 35.5. The van der Waals surface area contributed by atoms with Crippen LogP contribution in [-0.2, 0) is 14.4 Å². The Kier molecular flexibility index (Phi) is 6.73. The zero-order chi connectivity index (χ0) is 20.1. The second-order valence-corrected chi connectivity index (χ2v) is 7.91. The molecule has 0 aliphatic heterocycles. The number of allylic oxidation sites excluding steroid dienone is 2. The number of halogens is 1. The maximum atomic E-state index is 12.5. The van der Waals surface area contributed by atoms with Crippen molar-refractivity contribution in [3.8, 4) is 0 Å². The fourth-order valence-corrected chi connectivity index (χ4v) is 4.13. The average molecular weight is 405 g/mol. The van der Waals surface area contributed by atoms with Crippen LogP contribution in [0.4, 0.5) is 11.4 Å². The summed E-state index contributed by atoms with van der Waals surface area (Å²) in [6, 6.07) is 4.90. The van der Waals surface area contributed by atoms with Crippen LogP contribution in [0, 0.1) is 17.8 Å². The Morgan fingerprint density at radius 2 is 1.61 bits per heavy atom. The number of hydrogen-bond acceptors (Lipinski definition) is 3. The standard InChI is InChI=1S/C21H25ClN2O4/c22-17-12-14(23-20(26)15-8-4-5-9-16(15)21(27)28)10-11-18(17)24-19(25)13-6-2-1-3-7-13/h4-5,10-13,15-16H,1-3,6-9H2,(H,23,26)(H,24,25)(H,27,28)/t15-,16-/m1/s1. The van der Waals surface area contributed by atoms with Gasteiger partial charge in [-0.25, -0.2) is 0 Å². The minimum atomic E-state index is -0.969. The molecule has 0 unspecified atom stereocenters. The van der Waals surface area contributed by atoms with Crippen LogP contribution in [0.15, 0.2) is 30.4 Å². The molecular weight excluding hydrogens is 380 g/mol. The molecule has 0 radical (unpaired) electrons. The Morgan fingerprint density at radius 1 is 0.929 bits per heavy atom. The first-order chi connectivity index (χ1) is 13.5. The zero-order valence-corrected chi connectivity index (χ0v) is 16.4. The van der Waals surface area contributed by atoms with Gasteiger partial charge in [0.05, 0.1) is 22.5 Å². The Labute approximate surface area is 169 Å². The van der Waals surface area contributed by atoms with E-state index in [-0.39, 0.29) is 17.7 Å². The minimum absolute atomic E-state index is 0.0170. The predicted octanol–water partition coefficient (Wildman–Crippen LogP) is 4.46. The number of carboxylic acids is 1. The van der Waals surface area contributed by atoms with Gasteiger partial charge in [0.1, 0.15) is 0 Å². The van der Waals surface area contributed by atoms with Crippen molar-refractivity contribution >= 4 is 40.8 Å². The molecule has 2 aliphatic rings. The number of amides is 2. The fourth-order valence-electron chi connectivity index (χ4n) is 3.91. The summed E-state index contributed by atoms with van der Waals surface area (Å²) in [5.74, 6) is -2.65. The molecule has 3 rings (SSSR count). The molecular formula is C21H25ClN2O4. The summed E-state index contributed by atoms with van der Waals surface area (Å²) in [7, 11) is 0. The molecule has 1 aromatic rings. The van der Waals surface area contributed by atoms with E-state index in [1.807, 2.05) is 6.08 Å². The van der Waals surface area contributed by atoms with E-state index in [1.54, 1.807) is 24.3 Å². The average Bonchev–Trinajstić information content (AvgIpc) is 2.70. The molecule has 0 saturated heterocycles. The minimum Gasteiger partial charge on any atom is -0.481 e. The third-order valence-electron chi connectivity index (χ3n) is 5.56. The molecule has 7 heteroatoms. The van der Waals surface area contributed by atoms with Gasteiger partial charge in [-0.15, -0.1) is 0 Å². The molecule has 2 aliphatic carbocycles. The van der Waals surface area contributed by atoms with Gasteiger partial charge in [0.15, 0.2) is 0 Å². The predicted molar refractivity (Wildman–Crippen MR) is 108 cm³/mol. The lowest BCUT2D eigenvalue weighted by Crippen LogP contribution is -2.34. The van der Waals surface area contributed by atoms with Crippen molar-refractivity contribution in [2.75, 3.05) is 10.6 Å². The summed E-state index contributed by atoms with van der Waals surface area (Å²) in [6.07, 6.45) is 9.50. The first-order valence-electron chi connectivity index (χ1n) is 9.75. The highest BCUT2D eigenvalue weighted by Gasteiger charge is 2.34. The molecule has 1 saturated carbocycles. The summed E-state index contributed by atoms with van der Waals surface area (Å²) >= 11 is 6.29. The van der Waals surface area contributed by atoms with Gasteiger partial charge in [0.25, 0.3) is 0 Å². The third kappa shape index (κ3) is 4.93. The van der Waals surface area contributed by atoms with Gasteiger partial charge in [-0.3, -0.25) is 14.4 Å². The number of carbonyl (C=O) groups excluding carboxylic acids is 2. The first-order valence-corrected chi connectivity index (χ1v) is 10.1. The molecule has 28 heavy (non-hydrogen) atoms. The van der Waals surface area contributed by atoms with Gasteiger partial charge in [0.2, 0.25) is 11.8 Å². The van der Waals surface area contributed by atoms with Crippen molar-refractivity contribution in [3.63, 3.8) is 0 Å². The van der Waals surface area contributed by atoms with Crippen molar-refractivity contribution in [1.82, 2.24) is 0 Å². The number of aliphatic carboxylic acids is 1. The molecule has 1 aromatic carbocycles. The van der Waals surface area contributed by atoms with Gasteiger partial charge in [-0.05, 0) is 43.9 Å². The lowest BCUT2D eigenvalue weighted by atomic mass is 9.82. The number of anilines is 2. The maximum Gasteiger partial charge on any atom is 0.307 e. The van der Waals surface area contributed by atoms with E-state index in [0.29, 0.717) is 29.2 Å². The molecule has 0 bridgehead atoms. The molecule has 1 fully saturated rings. The summed E-state index contributed by atoms with van der Waals surface area (Å²) in [4.78, 5) is 36.3. The van der Waals surface area contributed by atoms with Crippen LogP contribution in [0.25, 0.3) is 0 Å². The third-order valence-corrected chi connectivity index (χ3v) is 5.87. The van der Waals surface area contributed by atoms with Crippen molar-refractivity contribution in [2.24, 2.45) is 17.8 Å². The molecule has 2 amide bonds. The van der Waals surface area contributed by atoms with Crippen LogP contribution in [0.3, 0.4) is 0 Å². The molecule has 6 nitrogen and oxygen atoms in total.